The second-order valence-electron chi connectivity index (χ2n) is 4.83. The predicted molar refractivity (Wildman–Crippen MR) is 81.9 cm³/mol. The summed E-state index contributed by atoms with van der Waals surface area (Å²) in [6.07, 6.45) is 0.750. The zero-order valence-corrected chi connectivity index (χ0v) is 12.1. The van der Waals surface area contributed by atoms with Crippen LogP contribution in [0.3, 0.4) is 0 Å². The lowest BCUT2D eigenvalue weighted by Gasteiger charge is -2.18. The van der Waals surface area contributed by atoms with E-state index in [1.165, 1.54) is 0 Å². The molecule has 0 aliphatic carbocycles. The van der Waals surface area contributed by atoms with E-state index in [1.807, 2.05) is 38.1 Å². The molecule has 104 valence electrons. The molecular formula is C16H19N3O. The van der Waals surface area contributed by atoms with Gasteiger partial charge in [0.2, 0.25) is 0 Å². The van der Waals surface area contributed by atoms with Gasteiger partial charge in [-0.15, -0.1) is 0 Å². The molecule has 0 bridgehead atoms. The quantitative estimate of drug-likeness (QED) is 0.932. The highest BCUT2D eigenvalue weighted by molar-refractivity contribution is 6.06. The first-order chi connectivity index (χ1) is 9.51. The molecule has 4 heteroatoms. The van der Waals surface area contributed by atoms with Crippen molar-refractivity contribution in [1.29, 1.82) is 0 Å². The fraction of sp³-hybridized carbons (Fsp3) is 0.250. The van der Waals surface area contributed by atoms with Gasteiger partial charge < -0.3 is 10.6 Å². The first-order valence-electron chi connectivity index (χ1n) is 6.62. The maximum absolute atomic E-state index is 12.5. The van der Waals surface area contributed by atoms with E-state index in [9.17, 15) is 4.79 Å². The van der Waals surface area contributed by atoms with Crippen molar-refractivity contribution in [3.8, 4) is 0 Å². The van der Waals surface area contributed by atoms with E-state index in [-0.39, 0.29) is 5.91 Å². The van der Waals surface area contributed by atoms with Gasteiger partial charge in [0.1, 0.15) is 5.82 Å². The lowest BCUT2D eigenvalue weighted by atomic mass is 10.1. The fourth-order valence-electron chi connectivity index (χ4n) is 1.99. The number of hydrogen-bond acceptors (Lipinski definition) is 3. The van der Waals surface area contributed by atoms with Crippen LogP contribution in [0.15, 0.2) is 36.4 Å². The van der Waals surface area contributed by atoms with Crippen LogP contribution < -0.4 is 10.6 Å². The first-order valence-corrected chi connectivity index (χ1v) is 6.62. The molecule has 1 amide bonds. The van der Waals surface area contributed by atoms with Gasteiger partial charge in [0, 0.05) is 24.0 Å². The van der Waals surface area contributed by atoms with E-state index in [0.717, 1.165) is 23.4 Å². The van der Waals surface area contributed by atoms with Crippen molar-refractivity contribution in [3.63, 3.8) is 0 Å². The molecule has 2 N–H and O–H groups in total. The van der Waals surface area contributed by atoms with Crippen molar-refractivity contribution in [2.45, 2.75) is 20.3 Å². The number of aromatic nitrogens is 1. The van der Waals surface area contributed by atoms with Gasteiger partial charge in [-0.3, -0.25) is 4.79 Å². The number of nitrogens with zero attached hydrogens (tertiary/aromatic N) is 2. The van der Waals surface area contributed by atoms with Crippen molar-refractivity contribution in [2.75, 3.05) is 17.7 Å². The molecule has 0 aliphatic heterocycles. The SMILES string of the molecule is CCc1cc(C(=O)N(C)c2ccc(C)cc2)cc(N)n1. The Morgan fingerprint density at radius 1 is 1.25 bits per heavy atom. The molecular weight excluding hydrogens is 250 g/mol. The molecule has 0 unspecified atom stereocenters. The van der Waals surface area contributed by atoms with Gasteiger partial charge in [0.15, 0.2) is 0 Å². The van der Waals surface area contributed by atoms with Crippen molar-refractivity contribution >= 4 is 17.4 Å². The Bertz CT molecular complexity index is 620. The van der Waals surface area contributed by atoms with Crippen LogP contribution in [0.4, 0.5) is 11.5 Å². The van der Waals surface area contributed by atoms with Gasteiger partial charge in [0.25, 0.3) is 5.91 Å². The Labute approximate surface area is 119 Å². The summed E-state index contributed by atoms with van der Waals surface area (Å²) in [7, 11) is 1.76. The van der Waals surface area contributed by atoms with Crippen molar-refractivity contribution < 1.29 is 4.79 Å². The molecule has 1 aromatic carbocycles. The third-order valence-electron chi connectivity index (χ3n) is 3.23. The summed E-state index contributed by atoms with van der Waals surface area (Å²) in [5, 5.41) is 0. The highest BCUT2D eigenvalue weighted by Gasteiger charge is 2.15. The fourth-order valence-corrected chi connectivity index (χ4v) is 1.99. The number of anilines is 2. The van der Waals surface area contributed by atoms with Crippen LogP contribution in [-0.2, 0) is 6.42 Å². The third kappa shape index (κ3) is 2.96. The highest BCUT2D eigenvalue weighted by atomic mass is 16.2. The average molecular weight is 269 g/mol. The Hall–Kier alpha value is -2.36. The number of nitrogen functional groups attached to an aromatic ring is 1. The Morgan fingerprint density at radius 3 is 2.50 bits per heavy atom. The summed E-state index contributed by atoms with van der Waals surface area (Å²) in [4.78, 5) is 18.3. The van der Waals surface area contributed by atoms with Crippen LogP contribution in [0, 0.1) is 6.92 Å². The van der Waals surface area contributed by atoms with E-state index in [1.54, 1.807) is 24.1 Å². The van der Waals surface area contributed by atoms with Crippen LogP contribution in [0.1, 0.15) is 28.5 Å². The van der Waals surface area contributed by atoms with Crippen LogP contribution in [0.2, 0.25) is 0 Å². The third-order valence-corrected chi connectivity index (χ3v) is 3.23. The number of aryl methyl sites for hydroxylation is 2. The Kier molecular flexibility index (Phi) is 4.03. The Balaban J connectivity index is 2.30. The molecule has 0 saturated carbocycles. The summed E-state index contributed by atoms with van der Waals surface area (Å²) in [6, 6.07) is 11.2. The van der Waals surface area contributed by atoms with Crippen LogP contribution in [0.5, 0.6) is 0 Å². The van der Waals surface area contributed by atoms with Crippen molar-refractivity contribution in [2.24, 2.45) is 0 Å². The number of amides is 1. The maximum atomic E-state index is 12.5. The molecule has 4 nitrogen and oxygen atoms in total. The zero-order valence-electron chi connectivity index (χ0n) is 12.1. The first kappa shape index (κ1) is 14.1. The van der Waals surface area contributed by atoms with Gasteiger partial charge in [-0.25, -0.2) is 4.98 Å². The minimum atomic E-state index is -0.0855. The van der Waals surface area contributed by atoms with E-state index in [0.29, 0.717) is 11.4 Å². The molecule has 0 fully saturated rings. The Morgan fingerprint density at radius 2 is 1.90 bits per heavy atom. The lowest BCUT2D eigenvalue weighted by Crippen LogP contribution is -2.26. The van der Waals surface area contributed by atoms with Crippen LogP contribution in [-0.4, -0.2) is 17.9 Å². The molecule has 0 spiro atoms. The molecule has 0 saturated heterocycles. The minimum Gasteiger partial charge on any atom is -0.384 e. The molecule has 2 aromatic rings. The second kappa shape index (κ2) is 5.74. The average Bonchev–Trinajstić information content (AvgIpc) is 2.45. The lowest BCUT2D eigenvalue weighted by molar-refractivity contribution is 0.0993. The van der Waals surface area contributed by atoms with Gasteiger partial charge >= 0.3 is 0 Å². The second-order valence-corrected chi connectivity index (χ2v) is 4.83. The van der Waals surface area contributed by atoms with E-state index < -0.39 is 0 Å². The number of rotatable bonds is 3. The number of carbonyl (C=O) groups is 1. The molecule has 2 rings (SSSR count). The minimum absolute atomic E-state index is 0.0855. The van der Waals surface area contributed by atoms with Gasteiger partial charge in [-0.1, -0.05) is 24.6 Å². The van der Waals surface area contributed by atoms with Crippen molar-refractivity contribution in [1.82, 2.24) is 4.98 Å². The summed E-state index contributed by atoms with van der Waals surface area (Å²) in [5.41, 5.74) is 9.16. The smallest absolute Gasteiger partial charge is 0.258 e. The molecule has 0 atom stereocenters. The van der Waals surface area contributed by atoms with Crippen LogP contribution >= 0.6 is 0 Å². The summed E-state index contributed by atoms with van der Waals surface area (Å²) in [5.74, 6) is 0.294. The standard InChI is InChI=1S/C16H19N3O/c1-4-13-9-12(10-15(17)18-13)16(20)19(3)14-7-5-11(2)6-8-14/h5-10H,4H2,1-3H3,(H2,17,18). The van der Waals surface area contributed by atoms with Crippen molar-refractivity contribution in [3.05, 3.63) is 53.2 Å². The van der Waals surface area contributed by atoms with E-state index in [4.69, 9.17) is 5.73 Å². The summed E-state index contributed by atoms with van der Waals surface area (Å²) in [6.45, 7) is 4.00. The summed E-state index contributed by atoms with van der Waals surface area (Å²) < 4.78 is 0. The monoisotopic (exact) mass is 269 g/mol. The topological polar surface area (TPSA) is 59.2 Å². The highest BCUT2D eigenvalue weighted by Crippen LogP contribution is 2.17. The largest absolute Gasteiger partial charge is 0.384 e. The van der Waals surface area contributed by atoms with E-state index >= 15 is 0 Å². The molecule has 0 aliphatic rings. The molecule has 0 radical (unpaired) electrons. The van der Waals surface area contributed by atoms with Gasteiger partial charge in [0.05, 0.1) is 0 Å². The predicted octanol–water partition coefficient (Wildman–Crippen LogP) is 2.81. The summed E-state index contributed by atoms with van der Waals surface area (Å²) >= 11 is 0. The number of benzene rings is 1. The van der Waals surface area contributed by atoms with Gasteiger partial charge in [-0.2, -0.15) is 0 Å². The van der Waals surface area contributed by atoms with Crippen LogP contribution in [0.25, 0.3) is 0 Å². The van der Waals surface area contributed by atoms with Gasteiger partial charge in [-0.05, 0) is 37.6 Å². The zero-order chi connectivity index (χ0) is 14.7. The number of hydrogen-bond donors (Lipinski definition) is 1. The number of nitrogens with two attached hydrogens (primary N) is 1. The molecule has 1 heterocycles. The van der Waals surface area contributed by atoms with E-state index in [2.05, 4.69) is 4.98 Å². The number of carbonyl (C=O) groups excluding carboxylic acids is 1. The maximum Gasteiger partial charge on any atom is 0.258 e. The number of pyridine rings is 1. The molecule has 1 aromatic heterocycles. The normalized spacial score (nSPS) is 10.3. The molecule has 20 heavy (non-hydrogen) atoms.